The molecular weight excluding hydrogens is 404 g/mol. The van der Waals surface area contributed by atoms with Crippen molar-refractivity contribution >= 4 is 18.1 Å². The maximum absolute atomic E-state index is 13.0. The van der Waals surface area contributed by atoms with Gasteiger partial charge in [-0.3, -0.25) is 9.59 Å². The molecule has 0 fully saturated rings. The van der Waals surface area contributed by atoms with E-state index < -0.39 is 11.7 Å². The lowest BCUT2D eigenvalue weighted by atomic mass is 9.79. The van der Waals surface area contributed by atoms with Crippen molar-refractivity contribution in [3.8, 4) is 0 Å². The Bertz CT molecular complexity index is 962. The number of carbonyl (C=O) groups excluding carboxylic acids is 2. The second kappa shape index (κ2) is 9.83. The summed E-state index contributed by atoms with van der Waals surface area (Å²) < 4.78 is 11.7. The van der Waals surface area contributed by atoms with Crippen LogP contribution in [0.4, 0.5) is 5.69 Å². The van der Waals surface area contributed by atoms with Crippen LogP contribution < -0.4 is 10.6 Å². The molecule has 0 aromatic heterocycles. The van der Waals surface area contributed by atoms with E-state index >= 15 is 0 Å². The van der Waals surface area contributed by atoms with Gasteiger partial charge in [0.25, 0.3) is 6.47 Å². The molecule has 2 heterocycles. The molecule has 2 N–H and O–H groups in total. The van der Waals surface area contributed by atoms with Gasteiger partial charge in [-0.05, 0) is 36.6 Å². The zero-order valence-electron chi connectivity index (χ0n) is 18.1. The first kappa shape index (κ1) is 21.8. The Morgan fingerprint density at radius 1 is 1.16 bits per heavy atom. The van der Waals surface area contributed by atoms with Gasteiger partial charge in [-0.15, -0.1) is 0 Å². The summed E-state index contributed by atoms with van der Waals surface area (Å²) in [6.07, 6.45) is 4.95. The average Bonchev–Trinajstić information content (AvgIpc) is 3.40. The lowest BCUT2D eigenvalue weighted by molar-refractivity contribution is -0.128. The first-order valence-corrected chi connectivity index (χ1v) is 11.0. The smallest absolute Gasteiger partial charge is 0.293 e. The minimum Gasteiger partial charge on any atom is -0.463 e. The van der Waals surface area contributed by atoms with E-state index in [-0.39, 0.29) is 18.6 Å². The van der Waals surface area contributed by atoms with Crippen molar-refractivity contribution < 1.29 is 19.1 Å². The molecular formula is C26H28N2O4. The van der Waals surface area contributed by atoms with E-state index in [0.717, 1.165) is 17.7 Å². The van der Waals surface area contributed by atoms with E-state index in [0.29, 0.717) is 30.6 Å². The first-order chi connectivity index (χ1) is 15.7. The number of hydrogen-bond acceptors (Lipinski definition) is 5. The average molecular weight is 433 g/mol. The molecule has 1 amide bonds. The molecule has 32 heavy (non-hydrogen) atoms. The van der Waals surface area contributed by atoms with Gasteiger partial charge < -0.3 is 20.1 Å². The molecule has 0 saturated carbocycles. The van der Waals surface area contributed by atoms with Crippen LogP contribution in [-0.4, -0.2) is 43.3 Å². The summed E-state index contributed by atoms with van der Waals surface area (Å²) in [6, 6.07) is 19.8. The lowest BCUT2D eigenvalue weighted by Gasteiger charge is -2.36. The maximum Gasteiger partial charge on any atom is 0.293 e. The van der Waals surface area contributed by atoms with Crippen LogP contribution in [0.25, 0.3) is 0 Å². The van der Waals surface area contributed by atoms with Crippen LogP contribution in [0.15, 0.2) is 84.0 Å². The topological polar surface area (TPSA) is 76.7 Å². The Kier molecular flexibility index (Phi) is 6.71. The van der Waals surface area contributed by atoms with Crippen molar-refractivity contribution in [3.05, 3.63) is 89.5 Å². The predicted molar refractivity (Wildman–Crippen MR) is 123 cm³/mol. The highest BCUT2D eigenvalue weighted by atomic mass is 16.5. The van der Waals surface area contributed by atoms with Gasteiger partial charge in [-0.1, -0.05) is 61.5 Å². The van der Waals surface area contributed by atoms with E-state index in [4.69, 9.17) is 9.47 Å². The summed E-state index contributed by atoms with van der Waals surface area (Å²) in [5.41, 5.74) is 2.40. The molecule has 3 unspecified atom stereocenters. The van der Waals surface area contributed by atoms with E-state index in [1.165, 1.54) is 0 Å². The van der Waals surface area contributed by atoms with Gasteiger partial charge in [0.15, 0.2) is 0 Å². The summed E-state index contributed by atoms with van der Waals surface area (Å²) in [7, 11) is 0. The molecule has 0 spiro atoms. The van der Waals surface area contributed by atoms with E-state index in [1.807, 2.05) is 67.6 Å². The molecule has 3 atom stereocenters. The lowest BCUT2D eigenvalue weighted by Crippen LogP contribution is -2.48. The number of hydrogen-bond donors (Lipinski definition) is 2. The van der Waals surface area contributed by atoms with Crippen LogP contribution in [0.2, 0.25) is 0 Å². The number of para-hydroxylation sites is 1. The molecule has 6 heteroatoms. The second-order valence-corrected chi connectivity index (χ2v) is 8.00. The van der Waals surface area contributed by atoms with Crippen molar-refractivity contribution in [2.75, 3.05) is 18.5 Å². The third-order valence-corrected chi connectivity index (χ3v) is 5.91. The maximum atomic E-state index is 13.0. The zero-order chi connectivity index (χ0) is 22.4. The molecule has 4 rings (SSSR count). The predicted octanol–water partition coefficient (Wildman–Crippen LogP) is 3.41. The standard InChI is InChI=1S/C26H28N2O4/c1-2-15-27-25(30)24-21(17-31-18-29)26(14-13-22(24)32-26)23(16-19-9-5-3-6-10-19)28-20-11-7-4-8-12-20/h3-14,18,22-23,28H,2,15-17H2,1H3,(H,27,30). The van der Waals surface area contributed by atoms with Gasteiger partial charge >= 0.3 is 0 Å². The van der Waals surface area contributed by atoms with Crippen molar-refractivity contribution in [2.45, 2.75) is 37.5 Å². The minimum absolute atomic E-state index is 0.000970. The SMILES string of the molecule is CCCNC(=O)C1=C(COC=O)C2(C(Cc3ccccc3)Nc3ccccc3)C=CC1O2. The van der Waals surface area contributed by atoms with Gasteiger partial charge in [-0.2, -0.15) is 0 Å². The second-order valence-electron chi connectivity index (χ2n) is 8.00. The van der Waals surface area contributed by atoms with Crippen LogP contribution in [0.3, 0.4) is 0 Å². The fourth-order valence-electron chi connectivity index (χ4n) is 4.44. The molecule has 2 bridgehead atoms. The number of carbonyl (C=O) groups is 2. The van der Waals surface area contributed by atoms with Gasteiger partial charge in [-0.25, -0.2) is 0 Å². The molecule has 2 aromatic rings. The fourth-order valence-corrected chi connectivity index (χ4v) is 4.44. The van der Waals surface area contributed by atoms with Crippen molar-refractivity contribution in [2.24, 2.45) is 0 Å². The third-order valence-electron chi connectivity index (χ3n) is 5.91. The first-order valence-electron chi connectivity index (χ1n) is 11.0. The highest BCUT2D eigenvalue weighted by Crippen LogP contribution is 2.47. The number of ether oxygens (including phenoxy) is 2. The third kappa shape index (κ3) is 4.32. The number of anilines is 1. The number of nitrogens with one attached hydrogen (secondary N) is 2. The number of benzene rings is 2. The van der Waals surface area contributed by atoms with Crippen LogP contribution >= 0.6 is 0 Å². The van der Waals surface area contributed by atoms with Crippen molar-refractivity contribution in [1.82, 2.24) is 5.32 Å². The van der Waals surface area contributed by atoms with Crippen LogP contribution in [-0.2, 0) is 25.5 Å². The highest BCUT2D eigenvalue weighted by molar-refractivity contribution is 5.97. The number of amides is 1. The van der Waals surface area contributed by atoms with E-state index in [1.54, 1.807) is 0 Å². The monoisotopic (exact) mass is 432 g/mol. The van der Waals surface area contributed by atoms with Gasteiger partial charge in [0, 0.05) is 17.8 Å². The zero-order valence-corrected chi connectivity index (χ0v) is 18.1. The van der Waals surface area contributed by atoms with Gasteiger partial charge in [0.1, 0.15) is 18.3 Å². The van der Waals surface area contributed by atoms with E-state index in [2.05, 4.69) is 22.8 Å². The molecule has 6 nitrogen and oxygen atoms in total. The Morgan fingerprint density at radius 3 is 2.56 bits per heavy atom. The number of fused-ring (bicyclic) bond motifs is 2. The largest absolute Gasteiger partial charge is 0.463 e. The molecule has 2 aromatic carbocycles. The summed E-state index contributed by atoms with van der Waals surface area (Å²) >= 11 is 0. The van der Waals surface area contributed by atoms with Gasteiger partial charge in [0.05, 0.1) is 11.6 Å². The molecule has 2 aliphatic heterocycles. The van der Waals surface area contributed by atoms with Crippen LogP contribution in [0.1, 0.15) is 18.9 Å². The van der Waals surface area contributed by atoms with E-state index in [9.17, 15) is 9.59 Å². The Hall–Kier alpha value is -3.38. The van der Waals surface area contributed by atoms with Crippen molar-refractivity contribution in [3.63, 3.8) is 0 Å². The molecule has 2 aliphatic rings. The van der Waals surface area contributed by atoms with Crippen molar-refractivity contribution in [1.29, 1.82) is 0 Å². The molecule has 0 saturated heterocycles. The Labute approximate surface area is 188 Å². The van der Waals surface area contributed by atoms with Crippen LogP contribution in [0.5, 0.6) is 0 Å². The molecule has 0 radical (unpaired) electrons. The Balaban J connectivity index is 1.74. The number of rotatable bonds is 11. The summed E-state index contributed by atoms with van der Waals surface area (Å²) in [5, 5.41) is 6.56. The van der Waals surface area contributed by atoms with Gasteiger partial charge in [0.2, 0.25) is 5.91 Å². The highest BCUT2D eigenvalue weighted by Gasteiger charge is 2.55. The summed E-state index contributed by atoms with van der Waals surface area (Å²) in [5.74, 6) is -0.175. The normalized spacial score (nSPS) is 22.0. The minimum atomic E-state index is -0.905. The summed E-state index contributed by atoms with van der Waals surface area (Å²) in [4.78, 5) is 24.1. The molecule has 0 aliphatic carbocycles. The quantitative estimate of drug-likeness (QED) is 0.420. The Morgan fingerprint density at radius 2 is 1.88 bits per heavy atom. The van der Waals surface area contributed by atoms with Crippen LogP contribution in [0, 0.1) is 0 Å². The summed E-state index contributed by atoms with van der Waals surface area (Å²) in [6.45, 7) is 2.99. The fraction of sp³-hybridized carbons (Fsp3) is 0.308. The molecule has 166 valence electrons.